The Kier molecular flexibility index (Phi) is 6.96. The number of hydrogen-bond acceptors (Lipinski definition) is 1. The van der Waals surface area contributed by atoms with Crippen molar-refractivity contribution in [1.29, 1.82) is 0 Å². The van der Waals surface area contributed by atoms with E-state index in [1.165, 1.54) is 93.2 Å². The summed E-state index contributed by atoms with van der Waals surface area (Å²) in [7, 11) is 2.30. The highest BCUT2D eigenvalue weighted by molar-refractivity contribution is 5.99. The smallest absolute Gasteiger partial charge is 0.0527 e. The van der Waals surface area contributed by atoms with E-state index in [9.17, 15) is 0 Å². The van der Waals surface area contributed by atoms with Crippen LogP contribution in [0.15, 0.2) is 114 Å². The number of rotatable bonds is 5. The quantitative estimate of drug-likeness (QED) is 0.233. The second-order valence-corrected chi connectivity index (χ2v) is 13.8. The summed E-state index contributed by atoms with van der Waals surface area (Å²) in [4.78, 5) is 2.52. The minimum Gasteiger partial charge on any atom is -0.347 e. The van der Waals surface area contributed by atoms with Gasteiger partial charge >= 0.3 is 0 Å². The molecule has 0 N–H and O–H groups in total. The van der Waals surface area contributed by atoms with E-state index in [2.05, 4.69) is 143 Å². The van der Waals surface area contributed by atoms with Crippen molar-refractivity contribution in [2.75, 3.05) is 11.9 Å². The summed E-state index contributed by atoms with van der Waals surface area (Å²) in [5.41, 5.74) is 13.0. The predicted molar refractivity (Wildman–Crippen MR) is 185 cm³/mol. The first-order valence-electron chi connectivity index (χ1n) is 16.4. The maximum Gasteiger partial charge on any atom is 0.0527 e. The van der Waals surface area contributed by atoms with Crippen LogP contribution in [-0.2, 0) is 17.3 Å². The third-order valence-electron chi connectivity index (χ3n) is 10.9. The molecule has 1 aliphatic heterocycles. The number of benzene rings is 4. The third kappa shape index (κ3) is 4.43. The van der Waals surface area contributed by atoms with E-state index >= 15 is 0 Å². The predicted octanol–water partition coefficient (Wildman–Crippen LogP) is 11.0. The Morgan fingerprint density at radius 1 is 0.837 bits per heavy atom. The van der Waals surface area contributed by atoms with E-state index in [0.29, 0.717) is 5.92 Å². The van der Waals surface area contributed by atoms with E-state index in [-0.39, 0.29) is 10.8 Å². The maximum absolute atomic E-state index is 2.52. The molecule has 3 aliphatic rings. The van der Waals surface area contributed by atoms with Gasteiger partial charge < -0.3 is 4.90 Å². The van der Waals surface area contributed by atoms with Crippen LogP contribution >= 0.6 is 0 Å². The van der Waals surface area contributed by atoms with E-state index < -0.39 is 0 Å². The van der Waals surface area contributed by atoms with Crippen LogP contribution in [0.2, 0.25) is 0 Å². The molecule has 1 unspecified atom stereocenters. The Labute approximate surface area is 258 Å². The van der Waals surface area contributed by atoms with Crippen molar-refractivity contribution >= 4 is 22.0 Å². The molecule has 0 radical (unpaired) electrons. The molecule has 0 saturated heterocycles. The van der Waals surface area contributed by atoms with Gasteiger partial charge in [0.1, 0.15) is 0 Å². The molecule has 1 saturated carbocycles. The molecule has 1 nitrogen and oxygen atoms in total. The standard InChI is InChI=1S/C42H45N/c1-29(2)33-21-23-34-30(3)36(41(4,38(34)27-33)28-31-15-8-6-9-16-31)19-14-20-39-42(25-12-7-13-26-42)37-24-22-32-17-10-11-18-35(32)40(37)43(39)5/h6,8-11,14-24,27,29H,7,12-13,25-26,28H2,1-5H3/b19-14+,39-20+. The normalized spacial score (nSPS) is 22.0. The third-order valence-corrected chi connectivity index (χ3v) is 10.9. The number of allylic oxidation sites excluding steroid dienone is 6. The zero-order valence-electron chi connectivity index (χ0n) is 26.6. The number of nitrogens with zero attached hydrogens (tertiary/aromatic N) is 1. The van der Waals surface area contributed by atoms with Crippen molar-refractivity contribution < 1.29 is 0 Å². The summed E-state index contributed by atoms with van der Waals surface area (Å²) >= 11 is 0. The fraction of sp³-hybridized carbons (Fsp3) is 0.333. The van der Waals surface area contributed by atoms with Crippen LogP contribution in [0, 0.1) is 0 Å². The Hall–Kier alpha value is -3.84. The SMILES string of the molecule is CC1=C(/C=C/C=C2/N(C)c3c(ccc4ccccc34)C23CCCCC3)C(C)(Cc2ccccc2)c2cc(C(C)C)ccc21. The average molecular weight is 564 g/mol. The van der Waals surface area contributed by atoms with E-state index in [4.69, 9.17) is 0 Å². The Bertz CT molecular complexity index is 1780. The van der Waals surface area contributed by atoms with Gasteiger partial charge in [0, 0.05) is 29.0 Å². The molecule has 1 fully saturated rings. The van der Waals surface area contributed by atoms with Gasteiger partial charge in [-0.2, -0.15) is 0 Å². The molecular weight excluding hydrogens is 518 g/mol. The molecule has 1 spiro atoms. The summed E-state index contributed by atoms with van der Waals surface area (Å²) in [6, 6.07) is 32.0. The van der Waals surface area contributed by atoms with Crippen molar-refractivity contribution in [3.63, 3.8) is 0 Å². The topological polar surface area (TPSA) is 3.24 Å². The van der Waals surface area contributed by atoms with Crippen LogP contribution in [-0.4, -0.2) is 7.05 Å². The molecule has 7 rings (SSSR count). The van der Waals surface area contributed by atoms with Crippen LogP contribution in [0.4, 0.5) is 5.69 Å². The zero-order valence-corrected chi connectivity index (χ0v) is 26.6. The zero-order chi connectivity index (χ0) is 29.8. The van der Waals surface area contributed by atoms with Gasteiger partial charge in [0.05, 0.1) is 5.69 Å². The van der Waals surface area contributed by atoms with Crippen molar-refractivity contribution in [2.45, 2.75) is 83.0 Å². The average Bonchev–Trinajstić information content (AvgIpc) is 3.37. The lowest BCUT2D eigenvalue weighted by Gasteiger charge is -2.36. The highest BCUT2D eigenvalue weighted by atomic mass is 15.2. The molecule has 2 aliphatic carbocycles. The van der Waals surface area contributed by atoms with Crippen LogP contribution in [0.3, 0.4) is 0 Å². The summed E-state index contributed by atoms with van der Waals surface area (Å²) in [6.45, 7) is 9.42. The molecule has 4 aromatic carbocycles. The number of fused-ring (bicyclic) bond motifs is 5. The maximum atomic E-state index is 2.52. The summed E-state index contributed by atoms with van der Waals surface area (Å²) < 4.78 is 0. The van der Waals surface area contributed by atoms with Crippen molar-refractivity contribution in [3.05, 3.63) is 142 Å². The Morgan fingerprint density at radius 2 is 1.58 bits per heavy atom. The van der Waals surface area contributed by atoms with Crippen LogP contribution in [0.25, 0.3) is 16.3 Å². The second-order valence-electron chi connectivity index (χ2n) is 13.8. The van der Waals surface area contributed by atoms with Crippen molar-refractivity contribution in [1.82, 2.24) is 0 Å². The van der Waals surface area contributed by atoms with Gasteiger partial charge in [-0.05, 0) is 82.5 Å². The first kappa shape index (κ1) is 28.0. The van der Waals surface area contributed by atoms with E-state index in [0.717, 1.165) is 6.42 Å². The molecule has 1 heterocycles. The minimum absolute atomic E-state index is 0.0794. The van der Waals surface area contributed by atoms with Crippen LogP contribution in [0.5, 0.6) is 0 Å². The molecular formula is C42H45N. The lowest BCUT2D eigenvalue weighted by Crippen LogP contribution is -2.31. The van der Waals surface area contributed by atoms with Gasteiger partial charge in [-0.1, -0.05) is 137 Å². The summed E-state index contributed by atoms with van der Waals surface area (Å²) in [5, 5.41) is 2.71. The lowest BCUT2D eigenvalue weighted by molar-refractivity contribution is 0.347. The second kappa shape index (κ2) is 10.7. The lowest BCUT2D eigenvalue weighted by atomic mass is 9.68. The van der Waals surface area contributed by atoms with Crippen molar-refractivity contribution in [2.24, 2.45) is 0 Å². The highest BCUT2D eigenvalue weighted by Gasteiger charge is 2.47. The highest BCUT2D eigenvalue weighted by Crippen LogP contribution is 2.57. The summed E-state index contributed by atoms with van der Waals surface area (Å²) in [5.74, 6) is 0.512. The van der Waals surface area contributed by atoms with Gasteiger partial charge in [0.2, 0.25) is 0 Å². The van der Waals surface area contributed by atoms with E-state index in [1.54, 1.807) is 0 Å². The minimum atomic E-state index is -0.0794. The first-order chi connectivity index (χ1) is 20.8. The van der Waals surface area contributed by atoms with Gasteiger partial charge in [0.25, 0.3) is 0 Å². The fourth-order valence-electron chi connectivity index (χ4n) is 8.68. The number of hydrogen-bond donors (Lipinski definition) is 0. The van der Waals surface area contributed by atoms with Crippen LogP contribution in [0.1, 0.15) is 93.5 Å². The largest absolute Gasteiger partial charge is 0.347 e. The molecule has 0 aromatic heterocycles. The number of anilines is 1. The fourth-order valence-corrected chi connectivity index (χ4v) is 8.68. The van der Waals surface area contributed by atoms with Gasteiger partial charge in [0.15, 0.2) is 0 Å². The van der Waals surface area contributed by atoms with Crippen molar-refractivity contribution in [3.8, 4) is 0 Å². The van der Waals surface area contributed by atoms with Gasteiger partial charge in [-0.15, -0.1) is 0 Å². The monoisotopic (exact) mass is 563 g/mol. The first-order valence-corrected chi connectivity index (χ1v) is 16.4. The molecule has 4 aromatic rings. The molecule has 0 amide bonds. The molecule has 0 bridgehead atoms. The Balaban J connectivity index is 1.33. The molecule has 218 valence electrons. The van der Waals surface area contributed by atoms with Gasteiger partial charge in [-0.3, -0.25) is 0 Å². The Morgan fingerprint density at radius 3 is 2.35 bits per heavy atom. The van der Waals surface area contributed by atoms with Crippen LogP contribution < -0.4 is 4.90 Å². The summed E-state index contributed by atoms with van der Waals surface area (Å²) in [6.07, 6.45) is 14.7. The molecule has 43 heavy (non-hydrogen) atoms. The van der Waals surface area contributed by atoms with Gasteiger partial charge in [-0.25, -0.2) is 0 Å². The van der Waals surface area contributed by atoms with E-state index in [1.807, 2.05) is 0 Å². The number of likely N-dealkylation sites (N-methyl/N-ethyl adjacent to an activating group) is 1. The molecule has 1 heteroatoms. The molecule has 1 atom stereocenters.